The lowest BCUT2D eigenvalue weighted by Gasteiger charge is -2.28. The number of ether oxygens (including phenoxy) is 4. The smallest absolute Gasteiger partial charge is 0.336 e. The van der Waals surface area contributed by atoms with E-state index in [4.69, 9.17) is 30.5 Å². The molecule has 10 heteroatoms. The number of hydrogen-bond acceptors (Lipinski definition) is 7. The number of nitrogens with one attached hydrogen (secondary N) is 1. The molecular weight excluding hydrogens is 440 g/mol. The van der Waals surface area contributed by atoms with Gasteiger partial charge in [0.1, 0.15) is 28.6 Å². The summed E-state index contributed by atoms with van der Waals surface area (Å²) in [6, 6.07) is 6.80. The molecule has 9 nitrogen and oxygen atoms in total. The quantitative estimate of drug-likeness (QED) is 0.498. The Morgan fingerprint density at radius 1 is 0.969 bits per heavy atom. The highest BCUT2D eigenvalue weighted by molar-refractivity contribution is 6.39. The summed E-state index contributed by atoms with van der Waals surface area (Å²) < 4.78 is 21.3. The van der Waals surface area contributed by atoms with E-state index in [0.717, 1.165) is 4.90 Å². The summed E-state index contributed by atoms with van der Waals surface area (Å²) in [5.74, 6) is -0.361. The third-order valence-corrected chi connectivity index (χ3v) is 4.91. The van der Waals surface area contributed by atoms with E-state index < -0.39 is 17.8 Å². The number of anilines is 1. The van der Waals surface area contributed by atoms with Crippen molar-refractivity contribution in [2.75, 3.05) is 32.8 Å². The lowest BCUT2D eigenvalue weighted by atomic mass is 10.1. The van der Waals surface area contributed by atoms with Gasteiger partial charge in [-0.3, -0.25) is 14.9 Å². The van der Waals surface area contributed by atoms with Crippen molar-refractivity contribution in [3.05, 3.63) is 46.5 Å². The first kappa shape index (κ1) is 23.0. The molecule has 3 rings (SSSR count). The largest absolute Gasteiger partial charge is 0.497 e. The van der Waals surface area contributed by atoms with Gasteiger partial charge >= 0.3 is 6.03 Å². The number of urea groups is 1. The molecule has 2 aromatic carbocycles. The minimum absolute atomic E-state index is 0.0643. The second kappa shape index (κ2) is 9.61. The second-order valence-electron chi connectivity index (χ2n) is 6.45. The van der Waals surface area contributed by atoms with Gasteiger partial charge in [0.05, 0.1) is 38.6 Å². The van der Waals surface area contributed by atoms with Gasteiger partial charge in [0.25, 0.3) is 11.8 Å². The summed E-state index contributed by atoms with van der Waals surface area (Å²) >= 11 is 6.12. The zero-order chi connectivity index (χ0) is 23.4. The van der Waals surface area contributed by atoms with Gasteiger partial charge in [0, 0.05) is 23.8 Å². The monoisotopic (exact) mass is 460 g/mol. The van der Waals surface area contributed by atoms with Gasteiger partial charge in [-0.15, -0.1) is 0 Å². The Balaban J connectivity index is 2.11. The number of benzene rings is 2. The fraction of sp³-hybridized carbons (Fsp3) is 0.227. The highest BCUT2D eigenvalue weighted by Gasteiger charge is 2.38. The van der Waals surface area contributed by atoms with Gasteiger partial charge in [-0.05, 0) is 25.1 Å². The van der Waals surface area contributed by atoms with E-state index in [1.807, 2.05) is 0 Å². The lowest BCUT2D eigenvalue weighted by Crippen LogP contribution is -2.54. The predicted molar refractivity (Wildman–Crippen MR) is 118 cm³/mol. The van der Waals surface area contributed by atoms with Crippen molar-refractivity contribution < 1.29 is 33.3 Å². The molecule has 0 saturated carbocycles. The first-order valence-electron chi connectivity index (χ1n) is 9.48. The maximum absolute atomic E-state index is 13.3. The topological polar surface area (TPSA) is 103 Å². The number of hydrogen-bond donors (Lipinski definition) is 1. The Labute approximate surface area is 189 Å². The zero-order valence-electron chi connectivity index (χ0n) is 17.9. The standard InChI is InChI=1S/C22H21ClN2O7/c1-5-32-17-9-13(29-2)7-6-12(17)8-14-20(26)24-22(28)25(21(14)27)16-11-18(30-3)15(23)10-19(16)31-4/h6-11H,5H2,1-4H3,(H,24,26,28)/b14-8+. The molecule has 1 N–H and O–H groups in total. The highest BCUT2D eigenvalue weighted by atomic mass is 35.5. The normalized spacial score (nSPS) is 15.0. The molecule has 1 saturated heterocycles. The van der Waals surface area contributed by atoms with Crippen LogP contribution >= 0.6 is 11.6 Å². The minimum atomic E-state index is -0.931. The Hall–Kier alpha value is -3.72. The molecule has 2 aromatic rings. The fourth-order valence-corrected chi connectivity index (χ4v) is 3.32. The van der Waals surface area contributed by atoms with Gasteiger partial charge in [-0.25, -0.2) is 9.69 Å². The fourth-order valence-electron chi connectivity index (χ4n) is 3.09. The molecule has 4 amide bonds. The number of rotatable bonds is 7. The van der Waals surface area contributed by atoms with Gasteiger partial charge in [0.15, 0.2) is 0 Å². The Morgan fingerprint density at radius 2 is 1.69 bits per heavy atom. The summed E-state index contributed by atoms with van der Waals surface area (Å²) in [5.41, 5.74) is 0.252. The summed E-state index contributed by atoms with van der Waals surface area (Å²) in [5, 5.41) is 2.40. The highest BCUT2D eigenvalue weighted by Crippen LogP contribution is 2.39. The van der Waals surface area contributed by atoms with Crippen molar-refractivity contribution in [1.29, 1.82) is 0 Å². The van der Waals surface area contributed by atoms with Crippen molar-refractivity contribution in [2.45, 2.75) is 6.92 Å². The first-order valence-corrected chi connectivity index (χ1v) is 9.86. The maximum atomic E-state index is 13.3. The van der Waals surface area contributed by atoms with Crippen LogP contribution < -0.4 is 29.2 Å². The van der Waals surface area contributed by atoms with Crippen LogP contribution in [0.25, 0.3) is 6.08 Å². The van der Waals surface area contributed by atoms with Crippen molar-refractivity contribution in [3.63, 3.8) is 0 Å². The summed E-state index contributed by atoms with van der Waals surface area (Å²) in [4.78, 5) is 39.2. The number of imide groups is 2. The summed E-state index contributed by atoms with van der Waals surface area (Å²) in [7, 11) is 4.27. The van der Waals surface area contributed by atoms with Crippen LogP contribution in [0.1, 0.15) is 12.5 Å². The van der Waals surface area contributed by atoms with Crippen LogP contribution in [0, 0.1) is 0 Å². The van der Waals surface area contributed by atoms with Gasteiger partial charge in [0.2, 0.25) is 0 Å². The third-order valence-electron chi connectivity index (χ3n) is 4.62. The molecule has 0 radical (unpaired) electrons. The number of barbiturate groups is 1. The van der Waals surface area contributed by atoms with E-state index >= 15 is 0 Å². The Kier molecular flexibility index (Phi) is 6.89. The van der Waals surface area contributed by atoms with Crippen molar-refractivity contribution in [2.24, 2.45) is 0 Å². The number of nitrogens with zero attached hydrogens (tertiary/aromatic N) is 1. The van der Waals surface area contributed by atoms with Crippen LogP contribution in [0.3, 0.4) is 0 Å². The van der Waals surface area contributed by atoms with Gasteiger partial charge < -0.3 is 18.9 Å². The first-order chi connectivity index (χ1) is 15.3. The molecule has 0 spiro atoms. The average Bonchev–Trinajstić information content (AvgIpc) is 2.77. The van der Waals surface area contributed by atoms with Crippen LogP contribution in [0.2, 0.25) is 5.02 Å². The molecule has 0 aromatic heterocycles. The molecule has 1 aliphatic heterocycles. The molecule has 0 unspecified atom stereocenters. The summed E-state index contributed by atoms with van der Waals surface area (Å²) in [6.07, 6.45) is 1.35. The minimum Gasteiger partial charge on any atom is -0.497 e. The van der Waals surface area contributed by atoms with Crippen LogP contribution in [0.4, 0.5) is 10.5 Å². The zero-order valence-corrected chi connectivity index (χ0v) is 18.6. The van der Waals surface area contributed by atoms with E-state index in [2.05, 4.69) is 5.32 Å². The van der Waals surface area contributed by atoms with Gasteiger partial charge in [-0.2, -0.15) is 0 Å². The molecule has 1 fully saturated rings. The number of halogens is 1. The molecule has 1 aliphatic rings. The van der Waals surface area contributed by atoms with E-state index in [-0.39, 0.29) is 27.8 Å². The second-order valence-corrected chi connectivity index (χ2v) is 6.86. The Morgan fingerprint density at radius 3 is 2.31 bits per heavy atom. The van der Waals surface area contributed by atoms with Crippen LogP contribution in [-0.2, 0) is 9.59 Å². The maximum Gasteiger partial charge on any atom is 0.336 e. The third kappa shape index (κ3) is 4.33. The molecule has 32 heavy (non-hydrogen) atoms. The number of amides is 4. The van der Waals surface area contributed by atoms with E-state index in [1.54, 1.807) is 25.1 Å². The number of carbonyl (C=O) groups is 3. The van der Waals surface area contributed by atoms with E-state index in [1.165, 1.54) is 39.5 Å². The van der Waals surface area contributed by atoms with Crippen LogP contribution in [0.15, 0.2) is 35.9 Å². The van der Waals surface area contributed by atoms with Crippen LogP contribution in [-0.4, -0.2) is 45.8 Å². The molecular formula is C22H21ClN2O7. The van der Waals surface area contributed by atoms with Crippen molar-refractivity contribution in [3.8, 4) is 23.0 Å². The molecule has 0 bridgehead atoms. The SMILES string of the molecule is CCOc1cc(OC)ccc1/C=C1\C(=O)NC(=O)N(c2cc(OC)c(Cl)cc2OC)C1=O. The number of methoxy groups -OCH3 is 3. The van der Waals surface area contributed by atoms with Crippen LogP contribution in [0.5, 0.6) is 23.0 Å². The molecule has 168 valence electrons. The summed E-state index contributed by atoms with van der Waals surface area (Å²) in [6.45, 7) is 2.16. The molecule has 0 aliphatic carbocycles. The van der Waals surface area contributed by atoms with E-state index in [0.29, 0.717) is 23.7 Å². The molecule has 1 heterocycles. The molecule has 0 atom stereocenters. The van der Waals surface area contributed by atoms with Gasteiger partial charge in [-0.1, -0.05) is 11.6 Å². The van der Waals surface area contributed by atoms with E-state index in [9.17, 15) is 14.4 Å². The van der Waals surface area contributed by atoms with Crippen molar-refractivity contribution in [1.82, 2.24) is 5.32 Å². The lowest BCUT2D eigenvalue weighted by molar-refractivity contribution is -0.122. The average molecular weight is 461 g/mol. The van der Waals surface area contributed by atoms with Crippen molar-refractivity contribution >= 4 is 41.2 Å². The predicted octanol–water partition coefficient (Wildman–Crippen LogP) is 3.43. The Bertz CT molecular complexity index is 1110. The number of carbonyl (C=O) groups excluding carboxylic acids is 3.